The van der Waals surface area contributed by atoms with Gasteiger partial charge in [-0.2, -0.15) is 18.4 Å². The van der Waals surface area contributed by atoms with Crippen molar-refractivity contribution in [3.05, 3.63) is 58.7 Å². The van der Waals surface area contributed by atoms with Crippen molar-refractivity contribution in [2.45, 2.75) is 38.5 Å². The molecule has 0 spiro atoms. The van der Waals surface area contributed by atoms with Crippen LogP contribution in [0.1, 0.15) is 40.7 Å². The number of aromatic nitrogens is 2. The zero-order chi connectivity index (χ0) is 26.0. The Bertz CT molecular complexity index is 1250. The monoisotopic (exact) mass is 498 g/mol. The molecule has 3 heterocycles. The van der Waals surface area contributed by atoms with Crippen molar-refractivity contribution in [1.82, 2.24) is 20.2 Å². The predicted octanol–water partition coefficient (Wildman–Crippen LogP) is 2.90. The molecule has 11 heteroatoms. The van der Waals surface area contributed by atoms with E-state index in [9.17, 15) is 28.0 Å². The van der Waals surface area contributed by atoms with E-state index in [-0.39, 0.29) is 36.1 Å². The van der Waals surface area contributed by atoms with Crippen molar-refractivity contribution in [2.24, 2.45) is 0 Å². The van der Waals surface area contributed by atoms with Crippen molar-refractivity contribution in [3.8, 4) is 6.07 Å². The van der Waals surface area contributed by atoms with Gasteiger partial charge in [-0.05, 0) is 35.8 Å². The van der Waals surface area contributed by atoms with Gasteiger partial charge in [-0.1, -0.05) is 6.07 Å². The van der Waals surface area contributed by atoms with Gasteiger partial charge in [0.05, 0.1) is 30.1 Å². The van der Waals surface area contributed by atoms with E-state index in [1.165, 1.54) is 14.0 Å². The number of fused-ring (bicyclic) bond motifs is 1. The summed E-state index contributed by atoms with van der Waals surface area (Å²) in [6.07, 6.45) is -1.57. The first-order valence-electron chi connectivity index (χ1n) is 11.5. The second kappa shape index (κ2) is 10.1. The minimum Gasteiger partial charge on any atom is -0.367 e. The smallest absolute Gasteiger partial charge is 0.367 e. The summed E-state index contributed by atoms with van der Waals surface area (Å²) >= 11 is 0. The summed E-state index contributed by atoms with van der Waals surface area (Å²) in [7, 11) is 1.54. The topological polar surface area (TPSA) is 102 Å². The van der Waals surface area contributed by atoms with Crippen LogP contribution in [0, 0.1) is 11.3 Å². The number of ketones is 1. The highest BCUT2D eigenvalue weighted by Crippen LogP contribution is 2.37. The Morgan fingerprint density at radius 1 is 1.25 bits per heavy atom. The Labute approximate surface area is 206 Å². The molecule has 8 nitrogen and oxygen atoms in total. The van der Waals surface area contributed by atoms with Crippen molar-refractivity contribution >= 4 is 23.0 Å². The van der Waals surface area contributed by atoms with Crippen LogP contribution in [0.5, 0.6) is 0 Å². The summed E-state index contributed by atoms with van der Waals surface area (Å²) in [4.78, 5) is 36.7. The second-order valence-corrected chi connectivity index (χ2v) is 8.86. The fourth-order valence-corrected chi connectivity index (χ4v) is 4.78. The summed E-state index contributed by atoms with van der Waals surface area (Å²) in [6, 6.07) is 7.35. The molecule has 1 atom stereocenters. The number of carbonyl (C=O) groups is 2. The van der Waals surface area contributed by atoms with Gasteiger partial charge in [0.2, 0.25) is 0 Å². The van der Waals surface area contributed by atoms with E-state index in [0.717, 1.165) is 11.3 Å². The fraction of sp³-hybridized carbons (Fsp3) is 0.400. The normalized spacial score (nSPS) is 18.6. The Morgan fingerprint density at radius 3 is 2.67 bits per heavy atom. The minimum absolute atomic E-state index is 0.0986. The standard InChI is InChI=1S/C25H25F3N6O2/c1-15-22(25(26,27)28)21(35)10-17-9-16(11-32-23(15)17)13-33-7-8-34(14-19(33)5-6-29)18-3-4-20(31-12-18)24(36)30-2/h3-4,9,11-12,19H,5,7-8,10,13-14H2,1-2H3,(H,30,36). The van der Waals surface area contributed by atoms with Crippen molar-refractivity contribution in [1.29, 1.82) is 5.26 Å². The zero-order valence-corrected chi connectivity index (χ0v) is 19.9. The molecular weight excluding hydrogens is 473 g/mol. The van der Waals surface area contributed by atoms with Crippen LogP contribution in [-0.4, -0.2) is 65.5 Å². The molecule has 1 aliphatic carbocycles. The maximum atomic E-state index is 13.3. The quantitative estimate of drug-likeness (QED) is 0.676. The van der Waals surface area contributed by atoms with Gasteiger partial charge in [0.1, 0.15) is 11.3 Å². The van der Waals surface area contributed by atoms with E-state index >= 15 is 0 Å². The molecule has 0 radical (unpaired) electrons. The molecule has 188 valence electrons. The van der Waals surface area contributed by atoms with Crippen LogP contribution in [0.25, 0.3) is 5.57 Å². The molecule has 1 fully saturated rings. The Balaban J connectivity index is 1.50. The van der Waals surface area contributed by atoms with Crippen LogP contribution >= 0.6 is 0 Å². The number of nitriles is 1. The Kier molecular flexibility index (Phi) is 7.08. The van der Waals surface area contributed by atoms with Gasteiger partial charge in [-0.15, -0.1) is 0 Å². The van der Waals surface area contributed by atoms with Gasteiger partial charge in [-0.3, -0.25) is 19.5 Å². The number of anilines is 1. The summed E-state index contributed by atoms with van der Waals surface area (Å²) in [6.45, 7) is 3.61. The van der Waals surface area contributed by atoms with Crippen molar-refractivity contribution in [2.75, 3.05) is 31.6 Å². The fourth-order valence-electron chi connectivity index (χ4n) is 4.78. The van der Waals surface area contributed by atoms with Gasteiger partial charge in [-0.25, -0.2) is 4.98 Å². The number of hydrogen-bond acceptors (Lipinski definition) is 7. The molecule has 36 heavy (non-hydrogen) atoms. The highest BCUT2D eigenvalue weighted by Gasteiger charge is 2.43. The lowest BCUT2D eigenvalue weighted by Gasteiger charge is -2.41. The summed E-state index contributed by atoms with van der Waals surface area (Å²) in [5.41, 5.74) is 1.36. The lowest BCUT2D eigenvalue weighted by molar-refractivity contribution is -0.128. The highest BCUT2D eigenvalue weighted by atomic mass is 19.4. The van der Waals surface area contributed by atoms with E-state index < -0.39 is 17.5 Å². The molecular formula is C25H25F3N6O2. The van der Waals surface area contributed by atoms with Gasteiger partial charge < -0.3 is 10.2 Å². The first-order valence-corrected chi connectivity index (χ1v) is 11.5. The molecule has 1 N–H and O–H groups in total. The summed E-state index contributed by atoms with van der Waals surface area (Å²) in [5.74, 6) is -1.21. The first-order chi connectivity index (χ1) is 17.1. The molecule has 0 bridgehead atoms. The number of nitrogens with one attached hydrogen (secondary N) is 1. The molecule has 0 aromatic carbocycles. The summed E-state index contributed by atoms with van der Waals surface area (Å²) < 4.78 is 39.9. The van der Waals surface area contributed by atoms with Crippen LogP contribution in [0.2, 0.25) is 0 Å². The second-order valence-electron chi connectivity index (χ2n) is 8.86. The van der Waals surface area contributed by atoms with Crippen LogP contribution in [0.3, 0.4) is 0 Å². The minimum atomic E-state index is -4.71. The third-order valence-electron chi connectivity index (χ3n) is 6.56. The van der Waals surface area contributed by atoms with E-state index in [2.05, 4.69) is 31.2 Å². The molecule has 2 aromatic heterocycles. The number of amides is 1. The van der Waals surface area contributed by atoms with Gasteiger partial charge >= 0.3 is 6.18 Å². The molecule has 1 unspecified atom stereocenters. The molecule has 1 aliphatic heterocycles. The molecule has 0 saturated carbocycles. The molecule has 2 aromatic rings. The third-order valence-corrected chi connectivity index (χ3v) is 6.56. The number of piperazine rings is 1. The predicted molar refractivity (Wildman–Crippen MR) is 126 cm³/mol. The lowest BCUT2D eigenvalue weighted by Crippen LogP contribution is -2.52. The van der Waals surface area contributed by atoms with Gasteiger partial charge in [0.15, 0.2) is 5.78 Å². The highest BCUT2D eigenvalue weighted by molar-refractivity contribution is 6.07. The number of alkyl halides is 3. The number of pyridine rings is 2. The number of rotatable bonds is 5. The van der Waals surface area contributed by atoms with Crippen LogP contribution in [0.4, 0.5) is 18.9 Å². The van der Waals surface area contributed by atoms with E-state index in [4.69, 9.17) is 0 Å². The van der Waals surface area contributed by atoms with Crippen LogP contribution in [0.15, 0.2) is 36.2 Å². The number of hydrogen-bond donors (Lipinski definition) is 1. The molecule has 1 saturated heterocycles. The van der Waals surface area contributed by atoms with E-state index in [0.29, 0.717) is 37.4 Å². The number of nitrogens with zero attached hydrogens (tertiary/aromatic N) is 5. The van der Waals surface area contributed by atoms with Gasteiger partial charge in [0.25, 0.3) is 5.91 Å². The molecule has 2 aliphatic rings. The van der Waals surface area contributed by atoms with E-state index in [1.807, 2.05) is 6.07 Å². The number of allylic oxidation sites excluding steroid dienone is 2. The average molecular weight is 499 g/mol. The third kappa shape index (κ3) is 5.09. The maximum absolute atomic E-state index is 13.3. The number of halogens is 3. The Morgan fingerprint density at radius 2 is 2.03 bits per heavy atom. The first kappa shape index (κ1) is 25.3. The van der Waals surface area contributed by atoms with Crippen molar-refractivity contribution in [3.63, 3.8) is 0 Å². The molecule has 1 amide bonds. The molecule has 4 rings (SSSR count). The zero-order valence-electron chi connectivity index (χ0n) is 19.9. The number of Topliss-reactive ketones (excluding diaryl/α,β-unsaturated/α-hetero) is 1. The maximum Gasteiger partial charge on any atom is 0.420 e. The van der Waals surface area contributed by atoms with Crippen LogP contribution in [-0.2, 0) is 17.8 Å². The average Bonchev–Trinajstić information content (AvgIpc) is 2.84. The van der Waals surface area contributed by atoms with E-state index in [1.54, 1.807) is 24.5 Å². The number of carbonyl (C=O) groups excluding carboxylic acids is 2. The summed E-state index contributed by atoms with van der Waals surface area (Å²) in [5, 5.41) is 11.9. The largest absolute Gasteiger partial charge is 0.420 e. The lowest BCUT2D eigenvalue weighted by atomic mass is 9.88. The van der Waals surface area contributed by atoms with Gasteiger partial charge in [0, 0.05) is 51.9 Å². The van der Waals surface area contributed by atoms with Crippen LogP contribution < -0.4 is 10.2 Å². The van der Waals surface area contributed by atoms with Crippen molar-refractivity contribution < 1.29 is 22.8 Å². The SMILES string of the molecule is CNC(=O)c1ccc(N2CCN(Cc3cnc4c(c3)CC(=O)C(C(F)(F)F)=C4C)C(CC#N)C2)cn1. The Hall–Kier alpha value is -3.78.